The van der Waals surface area contributed by atoms with Crippen LogP contribution in [0.15, 0.2) is 54.1 Å². The summed E-state index contributed by atoms with van der Waals surface area (Å²) >= 11 is 0. The van der Waals surface area contributed by atoms with Crippen molar-refractivity contribution in [3.05, 3.63) is 59.7 Å². The second kappa shape index (κ2) is 13.0. The van der Waals surface area contributed by atoms with Crippen molar-refractivity contribution in [2.75, 3.05) is 6.54 Å². The van der Waals surface area contributed by atoms with Crippen molar-refractivity contribution in [1.82, 2.24) is 10.6 Å². The maximum absolute atomic E-state index is 12.8. The first-order valence-electron chi connectivity index (χ1n) is 13.7. The summed E-state index contributed by atoms with van der Waals surface area (Å²) in [6.45, 7) is 0.658. The number of benzene rings is 1. The smallest absolute Gasteiger partial charge is 0.220 e. The first-order chi connectivity index (χ1) is 16.7. The first kappa shape index (κ1) is 24.9. The highest BCUT2D eigenvalue weighted by Crippen LogP contribution is 2.32. The van der Waals surface area contributed by atoms with Crippen LogP contribution in [-0.2, 0) is 9.59 Å². The van der Waals surface area contributed by atoms with E-state index >= 15 is 0 Å². The van der Waals surface area contributed by atoms with Crippen molar-refractivity contribution in [3.8, 4) is 0 Å². The van der Waals surface area contributed by atoms with Gasteiger partial charge in [0.2, 0.25) is 5.91 Å². The van der Waals surface area contributed by atoms with E-state index in [1.54, 1.807) is 0 Å². The Morgan fingerprint density at radius 3 is 2.62 bits per heavy atom. The highest BCUT2D eigenvalue weighted by molar-refractivity contribution is 5.84. The molecular weight excluding hydrogens is 420 g/mol. The molecule has 0 bridgehead atoms. The molecule has 2 aliphatic carbocycles. The number of nitrogens with one attached hydrogen (secondary N) is 2. The predicted octanol–water partition coefficient (Wildman–Crippen LogP) is 5.99. The van der Waals surface area contributed by atoms with Crippen LogP contribution in [0.3, 0.4) is 0 Å². The van der Waals surface area contributed by atoms with Gasteiger partial charge in [-0.3, -0.25) is 9.59 Å². The van der Waals surface area contributed by atoms with Crippen LogP contribution in [0.5, 0.6) is 0 Å². The molecule has 3 unspecified atom stereocenters. The van der Waals surface area contributed by atoms with Crippen molar-refractivity contribution < 1.29 is 9.59 Å². The molecule has 1 aromatic rings. The second-order valence-electron chi connectivity index (χ2n) is 10.4. The van der Waals surface area contributed by atoms with Crippen LogP contribution >= 0.6 is 0 Å². The third-order valence-corrected chi connectivity index (χ3v) is 7.99. The number of carbonyl (C=O) groups excluding carboxylic acids is 2. The molecule has 1 aliphatic heterocycles. The first-order valence-corrected chi connectivity index (χ1v) is 13.7. The molecule has 34 heavy (non-hydrogen) atoms. The third kappa shape index (κ3) is 7.15. The molecular formula is C30H42N2O2. The van der Waals surface area contributed by atoms with E-state index in [9.17, 15) is 9.59 Å². The summed E-state index contributed by atoms with van der Waals surface area (Å²) in [4.78, 5) is 25.3. The van der Waals surface area contributed by atoms with Crippen LogP contribution in [0.2, 0.25) is 0 Å². The standard InChI is InChI=1S/C30H42N2O2/c33-29(28-18-9-16-25-15-7-8-17-27(25)32-28)19-10-20-30(34)31-22-21-26(23-11-3-1-4-12-23)24-13-5-2-6-14-24/h1,3-5,11-14,25-28,32H,2,6-10,15-22H2,(H,31,34)/t25?,26?,27?,28-/m1/s1. The zero-order chi connectivity index (χ0) is 23.6. The van der Waals surface area contributed by atoms with Crippen molar-refractivity contribution in [2.45, 2.75) is 101 Å². The monoisotopic (exact) mass is 462 g/mol. The quantitative estimate of drug-likeness (QED) is 0.449. The van der Waals surface area contributed by atoms with Crippen LogP contribution in [0, 0.1) is 5.92 Å². The van der Waals surface area contributed by atoms with Crippen LogP contribution < -0.4 is 10.6 Å². The van der Waals surface area contributed by atoms with Crippen LogP contribution in [0.1, 0.15) is 95.0 Å². The van der Waals surface area contributed by atoms with Crippen molar-refractivity contribution in [2.24, 2.45) is 5.92 Å². The Balaban J connectivity index is 1.18. The number of hydrogen-bond acceptors (Lipinski definition) is 3. The van der Waals surface area contributed by atoms with Crippen molar-refractivity contribution in [1.29, 1.82) is 0 Å². The topological polar surface area (TPSA) is 58.2 Å². The SMILES string of the molecule is O=C(CCCC(=O)[C@H]1CCCC2CCCCC2N1)NCCC(C1=CCCC=C1)c1ccccc1. The summed E-state index contributed by atoms with van der Waals surface area (Å²) in [5.41, 5.74) is 2.66. The molecule has 1 heterocycles. The molecule has 2 fully saturated rings. The van der Waals surface area contributed by atoms with Crippen LogP contribution in [0.4, 0.5) is 0 Å². The minimum Gasteiger partial charge on any atom is -0.356 e. The summed E-state index contributed by atoms with van der Waals surface area (Å²) in [5.74, 6) is 1.44. The van der Waals surface area contributed by atoms with E-state index in [0.29, 0.717) is 43.6 Å². The molecule has 184 valence electrons. The Bertz CT molecular complexity index is 860. The van der Waals surface area contributed by atoms with Gasteiger partial charge in [-0.05, 0) is 68.4 Å². The minimum absolute atomic E-state index is 0.000357. The molecule has 0 aromatic heterocycles. The summed E-state index contributed by atoms with van der Waals surface area (Å²) in [7, 11) is 0. The van der Waals surface area contributed by atoms with E-state index < -0.39 is 0 Å². The molecule has 4 nitrogen and oxygen atoms in total. The maximum Gasteiger partial charge on any atom is 0.220 e. The molecule has 1 saturated heterocycles. The maximum atomic E-state index is 12.8. The number of carbonyl (C=O) groups is 2. The number of Topliss-reactive ketones (excluding diaryl/α,β-unsaturated/α-hetero) is 1. The normalized spacial score (nSPS) is 25.5. The van der Waals surface area contributed by atoms with Gasteiger partial charge in [0, 0.05) is 31.3 Å². The fraction of sp³-hybridized carbons (Fsp3) is 0.600. The van der Waals surface area contributed by atoms with Crippen molar-refractivity contribution in [3.63, 3.8) is 0 Å². The minimum atomic E-state index is -0.000357. The van der Waals surface area contributed by atoms with Gasteiger partial charge >= 0.3 is 0 Å². The average Bonchev–Trinajstić information content (AvgIpc) is 3.10. The fourth-order valence-electron chi connectivity index (χ4n) is 6.10. The number of rotatable bonds is 10. The Hall–Kier alpha value is -2.20. The van der Waals surface area contributed by atoms with Gasteiger partial charge in [0.25, 0.3) is 0 Å². The lowest BCUT2D eigenvalue weighted by Crippen LogP contribution is -2.45. The van der Waals surface area contributed by atoms with Crippen LogP contribution in [-0.4, -0.2) is 30.3 Å². The van der Waals surface area contributed by atoms with Gasteiger partial charge in [0.1, 0.15) is 5.78 Å². The van der Waals surface area contributed by atoms with E-state index in [0.717, 1.165) is 38.0 Å². The summed E-state index contributed by atoms with van der Waals surface area (Å²) in [6, 6.07) is 11.1. The zero-order valence-electron chi connectivity index (χ0n) is 20.6. The van der Waals surface area contributed by atoms with Crippen molar-refractivity contribution >= 4 is 11.7 Å². The van der Waals surface area contributed by atoms with Gasteiger partial charge in [0.05, 0.1) is 6.04 Å². The fourth-order valence-corrected chi connectivity index (χ4v) is 6.10. The molecule has 0 radical (unpaired) electrons. The lowest BCUT2D eigenvalue weighted by molar-refractivity contribution is -0.122. The number of allylic oxidation sites excluding steroid dienone is 4. The number of fused-ring (bicyclic) bond motifs is 1. The molecule has 1 aromatic carbocycles. The lowest BCUT2D eigenvalue weighted by atomic mass is 9.82. The highest BCUT2D eigenvalue weighted by atomic mass is 16.1. The van der Waals surface area contributed by atoms with E-state index in [4.69, 9.17) is 0 Å². The van der Waals surface area contributed by atoms with E-state index in [1.807, 2.05) is 6.07 Å². The van der Waals surface area contributed by atoms with Gasteiger partial charge in [-0.2, -0.15) is 0 Å². The Kier molecular flexibility index (Phi) is 9.55. The second-order valence-corrected chi connectivity index (χ2v) is 10.4. The Labute approximate surface area is 205 Å². The van der Waals surface area contributed by atoms with Gasteiger partial charge in [-0.1, -0.05) is 67.8 Å². The Morgan fingerprint density at radius 1 is 0.971 bits per heavy atom. The molecule has 4 heteroatoms. The van der Waals surface area contributed by atoms with Gasteiger partial charge < -0.3 is 10.6 Å². The molecule has 1 saturated carbocycles. The molecule has 3 aliphatic rings. The molecule has 0 spiro atoms. The lowest BCUT2D eigenvalue weighted by Gasteiger charge is -2.32. The van der Waals surface area contributed by atoms with E-state index in [1.165, 1.54) is 43.2 Å². The highest BCUT2D eigenvalue weighted by Gasteiger charge is 2.31. The number of hydrogen-bond donors (Lipinski definition) is 2. The molecule has 2 N–H and O–H groups in total. The number of ketones is 1. The largest absolute Gasteiger partial charge is 0.356 e. The Morgan fingerprint density at radius 2 is 1.79 bits per heavy atom. The number of amides is 1. The van der Waals surface area contributed by atoms with E-state index in [-0.39, 0.29) is 11.9 Å². The van der Waals surface area contributed by atoms with Gasteiger partial charge in [-0.15, -0.1) is 0 Å². The summed E-state index contributed by atoms with van der Waals surface area (Å²) in [5, 5.41) is 6.79. The summed E-state index contributed by atoms with van der Waals surface area (Å²) < 4.78 is 0. The molecule has 4 rings (SSSR count). The molecule has 4 atom stereocenters. The predicted molar refractivity (Wildman–Crippen MR) is 139 cm³/mol. The zero-order valence-corrected chi connectivity index (χ0v) is 20.6. The third-order valence-electron chi connectivity index (χ3n) is 7.99. The average molecular weight is 463 g/mol. The van der Waals surface area contributed by atoms with Gasteiger partial charge in [-0.25, -0.2) is 0 Å². The van der Waals surface area contributed by atoms with Gasteiger partial charge in [0.15, 0.2) is 0 Å². The van der Waals surface area contributed by atoms with Crippen LogP contribution in [0.25, 0.3) is 0 Å². The molecule has 1 amide bonds. The van der Waals surface area contributed by atoms with E-state index in [2.05, 4.69) is 53.1 Å². The summed E-state index contributed by atoms with van der Waals surface area (Å²) in [6.07, 6.45) is 20.0.